The smallest absolute Gasteiger partial charge is 0.137 e. The summed E-state index contributed by atoms with van der Waals surface area (Å²) in [5.41, 5.74) is 6.21. The third kappa shape index (κ3) is 13.0. The highest BCUT2D eigenvalue weighted by Crippen LogP contribution is 2.18. The van der Waals surface area contributed by atoms with Gasteiger partial charge in [-0.3, -0.25) is 20.0 Å². The van der Waals surface area contributed by atoms with Crippen LogP contribution in [0, 0.1) is 6.92 Å². The van der Waals surface area contributed by atoms with E-state index in [0.29, 0.717) is 39.8 Å². The highest BCUT2D eigenvalue weighted by molar-refractivity contribution is 5.85. The molecule has 3 aromatic carbocycles. The van der Waals surface area contributed by atoms with E-state index in [1.807, 2.05) is 67.9 Å². The van der Waals surface area contributed by atoms with Gasteiger partial charge < -0.3 is 14.2 Å². The van der Waals surface area contributed by atoms with Crippen molar-refractivity contribution in [2.24, 2.45) is 20.0 Å². The second-order valence-corrected chi connectivity index (χ2v) is 8.70. The Morgan fingerprint density at radius 3 is 1.72 bits per heavy atom. The van der Waals surface area contributed by atoms with Crippen LogP contribution < -0.4 is 0 Å². The summed E-state index contributed by atoms with van der Waals surface area (Å²) in [4.78, 5) is 17.5. The molecule has 0 aliphatic carbocycles. The lowest BCUT2D eigenvalue weighted by Gasteiger charge is -2.05. The van der Waals surface area contributed by atoms with Gasteiger partial charge in [0.1, 0.15) is 6.73 Å². The van der Waals surface area contributed by atoms with Crippen LogP contribution in [-0.2, 0) is 14.2 Å². The van der Waals surface area contributed by atoms with Gasteiger partial charge in [0, 0.05) is 38.0 Å². The number of aliphatic imine (C=N–C) groups is 4. The van der Waals surface area contributed by atoms with E-state index in [2.05, 4.69) is 51.2 Å². The average Bonchev–Trinajstić information content (AvgIpc) is 2.96. The third-order valence-corrected chi connectivity index (χ3v) is 5.47. The number of hydrogen-bond donors (Lipinski definition) is 0. The predicted octanol–water partition coefficient (Wildman–Crippen LogP) is 6.40. The molecule has 0 amide bonds. The first-order chi connectivity index (χ1) is 19.2. The van der Waals surface area contributed by atoms with Crippen molar-refractivity contribution in [1.82, 2.24) is 0 Å². The van der Waals surface area contributed by atoms with E-state index in [4.69, 9.17) is 14.2 Å². The molecule has 0 aliphatic rings. The highest BCUT2D eigenvalue weighted by Gasteiger charge is 1.94. The Morgan fingerprint density at radius 1 is 0.564 bits per heavy atom. The van der Waals surface area contributed by atoms with Gasteiger partial charge in [-0.2, -0.15) is 0 Å². The summed E-state index contributed by atoms with van der Waals surface area (Å²) in [6, 6.07) is 24.1. The third-order valence-electron chi connectivity index (χ3n) is 5.47. The number of benzene rings is 3. The second kappa shape index (κ2) is 18.5. The molecule has 3 aromatic rings. The highest BCUT2D eigenvalue weighted by atomic mass is 16.5. The standard InChI is InChI=1S/C32H38N4O3/c1-3-35-31-13-15-32(16-14-31)36-25-30-11-9-29(10-12-30)24-34-26-39-22-21-38-20-19-37-18-4-17-33-23-28-7-5-27(2)6-8-28/h3,5-16,23-25H,4,17-22,26H2,1-2H3. The maximum absolute atomic E-state index is 5.58. The number of hydrogen-bond acceptors (Lipinski definition) is 7. The van der Waals surface area contributed by atoms with Gasteiger partial charge in [0.2, 0.25) is 0 Å². The molecule has 0 fully saturated rings. The van der Waals surface area contributed by atoms with Gasteiger partial charge in [-0.05, 0) is 61.2 Å². The summed E-state index contributed by atoms with van der Waals surface area (Å²) >= 11 is 0. The van der Waals surface area contributed by atoms with Gasteiger partial charge in [0.15, 0.2) is 0 Å². The molecule has 39 heavy (non-hydrogen) atoms. The molecule has 0 atom stereocenters. The van der Waals surface area contributed by atoms with Crippen LogP contribution in [-0.4, -0.2) is 71.2 Å². The van der Waals surface area contributed by atoms with Crippen LogP contribution in [0.2, 0.25) is 0 Å². The van der Waals surface area contributed by atoms with Gasteiger partial charge in [0.25, 0.3) is 0 Å². The summed E-state index contributed by atoms with van der Waals surface area (Å²) in [7, 11) is 0. The van der Waals surface area contributed by atoms with Crippen molar-refractivity contribution in [3.05, 3.63) is 95.1 Å². The number of ether oxygens (including phenoxy) is 3. The molecule has 7 nitrogen and oxygen atoms in total. The van der Waals surface area contributed by atoms with Gasteiger partial charge in [0.05, 0.1) is 37.8 Å². The lowest BCUT2D eigenvalue weighted by Crippen LogP contribution is -2.10. The molecule has 0 saturated carbocycles. The molecule has 0 aromatic heterocycles. The minimum absolute atomic E-state index is 0.296. The molecule has 204 valence electrons. The van der Waals surface area contributed by atoms with E-state index in [9.17, 15) is 0 Å². The number of aryl methyl sites for hydroxylation is 1. The first-order valence-electron chi connectivity index (χ1n) is 13.3. The second-order valence-electron chi connectivity index (χ2n) is 8.70. The molecular formula is C32H38N4O3. The monoisotopic (exact) mass is 526 g/mol. The quantitative estimate of drug-likeness (QED) is 0.151. The van der Waals surface area contributed by atoms with E-state index < -0.39 is 0 Å². The molecule has 0 radical (unpaired) electrons. The number of nitrogens with zero attached hydrogens (tertiary/aromatic N) is 4. The molecule has 0 heterocycles. The van der Waals surface area contributed by atoms with Crippen molar-refractivity contribution < 1.29 is 14.2 Å². The van der Waals surface area contributed by atoms with E-state index in [-0.39, 0.29) is 0 Å². The van der Waals surface area contributed by atoms with E-state index >= 15 is 0 Å². The maximum Gasteiger partial charge on any atom is 0.137 e. The lowest BCUT2D eigenvalue weighted by atomic mass is 10.1. The Kier molecular flexibility index (Phi) is 14.1. The molecule has 0 bridgehead atoms. The minimum Gasteiger partial charge on any atom is -0.379 e. The van der Waals surface area contributed by atoms with Crippen LogP contribution in [0.25, 0.3) is 0 Å². The summed E-state index contributed by atoms with van der Waals surface area (Å²) < 4.78 is 16.6. The Labute approximate surface area is 232 Å². The molecule has 0 N–H and O–H groups in total. The van der Waals surface area contributed by atoms with Crippen molar-refractivity contribution >= 4 is 36.2 Å². The van der Waals surface area contributed by atoms with Gasteiger partial charge >= 0.3 is 0 Å². The fourth-order valence-electron chi connectivity index (χ4n) is 3.37. The largest absolute Gasteiger partial charge is 0.379 e. The zero-order valence-electron chi connectivity index (χ0n) is 22.9. The van der Waals surface area contributed by atoms with Gasteiger partial charge in [-0.1, -0.05) is 54.1 Å². The van der Waals surface area contributed by atoms with Gasteiger partial charge in [-0.25, -0.2) is 0 Å². The first kappa shape index (κ1) is 29.8. The van der Waals surface area contributed by atoms with E-state index in [1.54, 1.807) is 12.4 Å². The van der Waals surface area contributed by atoms with Crippen molar-refractivity contribution in [2.75, 3.05) is 46.3 Å². The van der Waals surface area contributed by atoms with Crippen LogP contribution in [0.15, 0.2) is 92.8 Å². The number of rotatable bonds is 17. The Bertz CT molecular complexity index is 1190. The van der Waals surface area contributed by atoms with Crippen molar-refractivity contribution in [3.8, 4) is 0 Å². The van der Waals surface area contributed by atoms with Crippen LogP contribution in [0.5, 0.6) is 0 Å². The van der Waals surface area contributed by atoms with Crippen LogP contribution in [0.1, 0.15) is 35.6 Å². The molecule has 3 rings (SSSR count). The van der Waals surface area contributed by atoms with Crippen molar-refractivity contribution in [2.45, 2.75) is 20.3 Å². The van der Waals surface area contributed by atoms with E-state index in [0.717, 1.165) is 41.0 Å². The summed E-state index contributed by atoms with van der Waals surface area (Å²) in [5.74, 6) is 0. The molecule has 0 aliphatic heterocycles. The lowest BCUT2D eigenvalue weighted by molar-refractivity contribution is 0.0159. The van der Waals surface area contributed by atoms with Crippen LogP contribution >= 0.6 is 0 Å². The molecule has 7 heteroatoms. The fourth-order valence-corrected chi connectivity index (χ4v) is 3.37. The average molecular weight is 527 g/mol. The Morgan fingerprint density at radius 2 is 1.08 bits per heavy atom. The fraction of sp³-hybridized carbons (Fsp3) is 0.312. The van der Waals surface area contributed by atoms with Crippen molar-refractivity contribution in [3.63, 3.8) is 0 Å². The zero-order valence-corrected chi connectivity index (χ0v) is 22.9. The molecule has 0 unspecified atom stereocenters. The molecule has 0 spiro atoms. The van der Waals surface area contributed by atoms with Crippen LogP contribution in [0.4, 0.5) is 11.4 Å². The first-order valence-corrected chi connectivity index (χ1v) is 13.3. The summed E-state index contributed by atoms with van der Waals surface area (Å²) in [5, 5.41) is 0. The SMILES string of the molecule is CC=Nc1ccc(N=Cc2ccc(C=NCOCCOCCOCCCN=Cc3ccc(C)cc3)cc2)cc1. The Balaban J connectivity index is 1.16. The van der Waals surface area contributed by atoms with E-state index in [1.165, 1.54) is 5.56 Å². The summed E-state index contributed by atoms with van der Waals surface area (Å²) in [6.07, 6.45) is 8.22. The zero-order chi connectivity index (χ0) is 27.4. The normalized spacial score (nSPS) is 12.1. The van der Waals surface area contributed by atoms with Crippen LogP contribution in [0.3, 0.4) is 0 Å². The van der Waals surface area contributed by atoms with Crippen molar-refractivity contribution in [1.29, 1.82) is 0 Å². The minimum atomic E-state index is 0.296. The molecule has 0 saturated heterocycles. The summed E-state index contributed by atoms with van der Waals surface area (Å²) in [6.45, 7) is 7.83. The van der Waals surface area contributed by atoms with Gasteiger partial charge in [-0.15, -0.1) is 0 Å². The maximum atomic E-state index is 5.58. The Hall–Kier alpha value is -3.78. The predicted molar refractivity (Wildman–Crippen MR) is 162 cm³/mol. The topological polar surface area (TPSA) is 77.1 Å². The molecular weight excluding hydrogens is 488 g/mol.